The van der Waals surface area contributed by atoms with Crippen molar-refractivity contribution >= 4 is 5.97 Å². The van der Waals surface area contributed by atoms with Crippen molar-refractivity contribution in [3.63, 3.8) is 0 Å². The largest absolute Gasteiger partial charge is 0.465 e. The van der Waals surface area contributed by atoms with Crippen molar-refractivity contribution in [3.8, 4) is 0 Å². The Hall–Kier alpha value is -0.570. The highest BCUT2D eigenvalue weighted by molar-refractivity contribution is 5.73. The minimum absolute atomic E-state index is 0.0330. The van der Waals surface area contributed by atoms with Crippen molar-refractivity contribution in [2.75, 3.05) is 19.7 Å². The first kappa shape index (κ1) is 9.52. The third kappa shape index (κ3) is 2.21. The van der Waals surface area contributed by atoms with Gasteiger partial charge in [0.05, 0.1) is 12.5 Å². The SMILES string of the molecule is CCCOC(=O)[C@@H]1CNC[C@H]1C. The Balaban J connectivity index is 2.30. The number of carbonyl (C=O) groups is 1. The number of esters is 1. The van der Waals surface area contributed by atoms with E-state index < -0.39 is 0 Å². The van der Waals surface area contributed by atoms with Gasteiger partial charge in [-0.2, -0.15) is 0 Å². The highest BCUT2D eigenvalue weighted by Crippen LogP contribution is 2.17. The molecular weight excluding hydrogens is 154 g/mol. The highest BCUT2D eigenvalue weighted by atomic mass is 16.5. The zero-order valence-corrected chi connectivity index (χ0v) is 7.80. The molecule has 0 aliphatic carbocycles. The Labute approximate surface area is 73.5 Å². The molecule has 1 aliphatic rings. The highest BCUT2D eigenvalue weighted by Gasteiger charge is 2.30. The van der Waals surface area contributed by atoms with Crippen molar-refractivity contribution < 1.29 is 9.53 Å². The van der Waals surface area contributed by atoms with Crippen LogP contribution in [0.25, 0.3) is 0 Å². The first-order valence-corrected chi connectivity index (χ1v) is 4.63. The van der Waals surface area contributed by atoms with Crippen LogP contribution in [-0.4, -0.2) is 25.7 Å². The van der Waals surface area contributed by atoms with Crippen molar-refractivity contribution in [1.29, 1.82) is 0 Å². The van der Waals surface area contributed by atoms with E-state index in [1.165, 1.54) is 0 Å². The number of hydrogen-bond donors (Lipinski definition) is 1. The Morgan fingerprint density at radius 1 is 1.58 bits per heavy atom. The molecule has 0 spiro atoms. The van der Waals surface area contributed by atoms with Gasteiger partial charge in [-0.1, -0.05) is 13.8 Å². The lowest BCUT2D eigenvalue weighted by Crippen LogP contribution is -2.23. The Bertz CT molecular complexity index is 159. The number of hydrogen-bond acceptors (Lipinski definition) is 3. The molecule has 0 aromatic carbocycles. The van der Waals surface area contributed by atoms with Gasteiger partial charge in [-0.15, -0.1) is 0 Å². The molecule has 12 heavy (non-hydrogen) atoms. The smallest absolute Gasteiger partial charge is 0.310 e. The lowest BCUT2D eigenvalue weighted by molar-refractivity contribution is -0.149. The molecule has 1 rings (SSSR count). The third-order valence-corrected chi connectivity index (χ3v) is 2.27. The molecule has 0 unspecified atom stereocenters. The molecule has 0 aromatic heterocycles. The summed E-state index contributed by atoms with van der Waals surface area (Å²) in [6.45, 7) is 6.36. The standard InChI is InChI=1S/C9H17NO2/c1-3-4-12-9(11)8-6-10-5-7(8)2/h7-8,10H,3-6H2,1-2H3/t7-,8-/m1/s1. The van der Waals surface area contributed by atoms with E-state index >= 15 is 0 Å². The second-order valence-corrected chi connectivity index (χ2v) is 3.41. The molecule has 0 aromatic rings. The summed E-state index contributed by atoms with van der Waals surface area (Å²) >= 11 is 0. The van der Waals surface area contributed by atoms with Crippen LogP contribution in [0.15, 0.2) is 0 Å². The van der Waals surface area contributed by atoms with E-state index in [-0.39, 0.29) is 11.9 Å². The lowest BCUT2D eigenvalue weighted by Gasteiger charge is -2.12. The maximum atomic E-state index is 11.4. The fourth-order valence-electron chi connectivity index (χ4n) is 1.44. The number of carbonyl (C=O) groups excluding carboxylic acids is 1. The minimum Gasteiger partial charge on any atom is -0.465 e. The van der Waals surface area contributed by atoms with Crippen LogP contribution in [0.4, 0.5) is 0 Å². The minimum atomic E-state index is -0.0330. The average Bonchev–Trinajstić information content (AvgIpc) is 2.47. The van der Waals surface area contributed by atoms with Crippen LogP contribution >= 0.6 is 0 Å². The molecule has 1 N–H and O–H groups in total. The van der Waals surface area contributed by atoms with Gasteiger partial charge in [0, 0.05) is 6.54 Å². The van der Waals surface area contributed by atoms with Crippen LogP contribution in [0.3, 0.4) is 0 Å². The van der Waals surface area contributed by atoms with E-state index in [2.05, 4.69) is 12.2 Å². The average molecular weight is 171 g/mol. The van der Waals surface area contributed by atoms with Gasteiger partial charge in [0.1, 0.15) is 0 Å². The van der Waals surface area contributed by atoms with Crippen LogP contribution in [0, 0.1) is 11.8 Å². The molecule has 0 amide bonds. The first-order valence-electron chi connectivity index (χ1n) is 4.63. The van der Waals surface area contributed by atoms with Gasteiger partial charge in [-0.25, -0.2) is 0 Å². The number of ether oxygens (including phenoxy) is 1. The van der Waals surface area contributed by atoms with Crippen LogP contribution in [0.1, 0.15) is 20.3 Å². The Kier molecular flexibility index (Phi) is 3.53. The maximum Gasteiger partial charge on any atom is 0.310 e. The number of rotatable bonds is 3. The summed E-state index contributed by atoms with van der Waals surface area (Å²) in [4.78, 5) is 11.4. The summed E-state index contributed by atoms with van der Waals surface area (Å²) in [5.74, 6) is 0.472. The summed E-state index contributed by atoms with van der Waals surface area (Å²) in [5.41, 5.74) is 0. The van der Waals surface area contributed by atoms with E-state index in [1.807, 2.05) is 6.92 Å². The van der Waals surface area contributed by atoms with Crippen molar-refractivity contribution in [1.82, 2.24) is 5.32 Å². The van der Waals surface area contributed by atoms with Gasteiger partial charge < -0.3 is 10.1 Å². The summed E-state index contributed by atoms with van der Waals surface area (Å²) in [6.07, 6.45) is 0.903. The van der Waals surface area contributed by atoms with Crippen molar-refractivity contribution in [3.05, 3.63) is 0 Å². The Morgan fingerprint density at radius 3 is 2.83 bits per heavy atom. The fraction of sp³-hybridized carbons (Fsp3) is 0.889. The van der Waals surface area contributed by atoms with E-state index in [0.717, 1.165) is 19.5 Å². The normalized spacial score (nSPS) is 28.8. The van der Waals surface area contributed by atoms with Crippen LogP contribution in [-0.2, 0) is 9.53 Å². The summed E-state index contributed by atoms with van der Waals surface area (Å²) < 4.78 is 5.07. The van der Waals surface area contributed by atoms with Gasteiger partial charge in [-0.3, -0.25) is 4.79 Å². The van der Waals surface area contributed by atoms with E-state index in [0.29, 0.717) is 12.5 Å². The van der Waals surface area contributed by atoms with E-state index in [9.17, 15) is 4.79 Å². The molecule has 1 saturated heterocycles. The first-order chi connectivity index (χ1) is 5.75. The fourth-order valence-corrected chi connectivity index (χ4v) is 1.44. The Morgan fingerprint density at radius 2 is 2.33 bits per heavy atom. The monoisotopic (exact) mass is 171 g/mol. The van der Waals surface area contributed by atoms with Crippen molar-refractivity contribution in [2.45, 2.75) is 20.3 Å². The third-order valence-electron chi connectivity index (χ3n) is 2.27. The molecular formula is C9H17NO2. The van der Waals surface area contributed by atoms with Gasteiger partial charge >= 0.3 is 5.97 Å². The topological polar surface area (TPSA) is 38.3 Å². The van der Waals surface area contributed by atoms with Gasteiger partial charge in [-0.05, 0) is 18.9 Å². The van der Waals surface area contributed by atoms with Crippen LogP contribution in [0.5, 0.6) is 0 Å². The zero-order valence-electron chi connectivity index (χ0n) is 7.80. The second kappa shape index (κ2) is 4.45. The molecule has 1 fully saturated rings. The molecule has 1 aliphatic heterocycles. The molecule has 3 heteroatoms. The predicted molar refractivity (Wildman–Crippen MR) is 46.8 cm³/mol. The van der Waals surface area contributed by atoms with Crippen LogP contribution < -0.4 is 5.32 Å². The maximum absolute atomic E-state index is 11.4. The number of nitrogens with one attached hydrogen (secondary N) is 1. The van der Waals surface area contributed by atoms with E-state index in [1.54, 1.807) is 0 Å². The van der Waals surface area contributed by atoms with Gasteiger partial charge in [0.15, 0.2) is 0 Å². The molecule has 2 atom stereocenters. The van der Waals surface area contributed by atoms with Crippen LogP contribution in [0.2, 0.25) is 0 Å². The molecule has 3 nitrogen and oxygen atoms in total. The summed E-state index contributed by atoms with van der Waals surface area (Å²) in [7, 11) is 0. The molecule has 0 saturated carbocycles. The quantitative estimate of drug-likeness (QED) is 0.638. The van der Waals surface area contributed by atoms with E-state index in [4.69, 9.17) is 4.74 Å². The van der Waals surface area contributed by atoms with Gasteiger partial charge in [0.2, 0.25) is 0 Å². The zero-order chi connectivity index (χ0) is 8.97. The predicted octanol–water partition coefficient (Wildman–Crippen LogP) is 0.795. The molecule has 1 heterocycles. The second-order valence-electron chi connectivity index (χ2n) is 3.41. The summed E-state index contributed by atoms with van der Waals surface area (Å²) in [5, 5.41) is 3.18. The molecule has 0 radical (unpaired) electrons. The summed E-state index contributed by atoms with van der Waals surface area (Å²) in [6, 6.07) is 0. The van der Waals surface area contributed by atoms with Crippen molar-refractivity contribution in [2.24, 2.45) is 11.8 Å². The lowest BCUT2D eigenvalue weighted by atomic mass is 9.99. The molecule has 0 bridgehead atoms. The molecule has 70 valence electrons. The van der Waals surface area contributed by atoms with Gasteiger partial charge in [0.25, 0.3) is 0 Å².